The smallest absolute Gasteiger partial charge is 0.136 e. The van der Waals surface area contributed by atoms with E-state index < -0.39 is 5.41 Å². The minimum Gasteiger partial charge on any atom is -0.456 e. The Bertz CT molecular complexity index is 3980. The molecule has 0 spiro atoms. The molecule has 0 N–H and O–H groups in total. The van der Waals surface area contributed by atoms with Gasteiger partial charge in [0.15, 0.2) is 0 Å². The Morgan fingerprint density at radius 3 is 1.24 bits per heavy atom. The summed E-state index contributed by atoms with van der Waals surface area (Å²) in [6.45, 7) is 0. The van der Waals surface area contributed by atoms with Crippen LogP contribution >= 0.6 is 0 Å². The number of hydrogen-bond donors (Lipinski definition) is 0. The summed E-state index contributed by atoms with van der Waals surface area (Å²) < 4.78 is 12.9. The maximum Gasteiger partial charge on any atom is 0.136 e. The number of fused-ring (bicyclic) bond motifs is 13. The zero-order valence-corrected chi connectivity index (χ0v) is 34.1. The van der Waals surface area contributed by atoms with Crippen molar-refractivity contribution in [2.24, 2.45) is 0 Å². The minimum atomic E-state index is -0.599. The van der Waals surface area contributed by atoms with Gasteiger partial charge in [0.25, 0.3) is 0 Å². The Morgan fingerprint density at radius 2 is 0.683 bits per heavy atom. The Labute approximate surface area is 362 Å². The van der Waals surface area contributed by atoms with Crippen molar-refractivity contribution in [3.8, 4) is 33.4 Å². The first-order chi connectivity index (χ1) is 31.2. The highest BCUT2D eigenvalue weighted by atomic mass is 16.3. The van der Waals surface area contributed by atoms with Crippen LogP contribution in [0.1, 0.15) is 22.3 Å². The predicted octanol–water partition coefficient (Wildman–Crippen LogP) is 16.6. The van der Waals surface area contributed by atoms with E-state index in [4.69, 9.17) is 8.83 Å². The third kappa shape index (κ3) is 4.95. The summed E-state index contributed by atoms with van der Waals surface area (Å²) in [5.41, 5.74) is 15.3. The molecule has 2 nitrogen and oxygen atoms in total. The van der Waals surface area contributed by atoms with Gasteiger partial charge in [0, 0.05) is 21.5 Å². The van der Waals surface area contributed by atoms with E-state index >= 15 is 0 Å². The molecule has 0 amide bonds. The maximum atomic E-state index is 6.45. The second-order valence-corrected chi connectivity index (χ2v) is 17.2. The van der Waals surface area contributed by atoms with E-state index in [-0.39, 0.29) is 0 Å². The van der Waals surface area contributed by atoms with Crippen LogP contribution in [-0.2, 0) is 5.41 Å². The number of rotatable bonds is 4. The molecule has 0 radical (unpaired) electrons. The normalized spacial score (nSPS) is 13.2. The van der Waals surface area contributed by atoms with Crippen LogP contribution in [-0.4, -0.2) is 0 Å². The van der Waals surface area contributed by atoms with Gasteiger partial charge in [0.1, 0.15) is 22.3 Å². The van der Waals surface area contributed by atoms with Gasteiger partial charge < -0.3 is 8.83 Å². The van der Waals surface area contributed by atoms with Crippen molar-refractivity contribution in [2.75, 3.05) is 0 Å². The summed E-state index contributed by atoms with van der Waals surface area (Å²) in [6.07, 6.45) is 0. The van der Waals surface area contributed by atoms with Crippen LogP contribution in [0, 0.1) is 0 Å². The number of benzene rings is 11. The summed E-state index contributed by atoms with van der Waals surface area (Å²) in [4.78, 5) is 0. The first-order valence-electron chi connectivity index (χ1n) is 21.7. The Hall–Kier alpha value is -8.20. The van der Waals surface area contributed by atoms with E-state index in [1.807, 2.05) is 0 Å². The first-order valence-corrected chi connectivity index (χ1v) is 21.7. The van der Waals surface area contributed by atoms with Crippen molar-refractivity contribution < 1.29 is 8.83 Å². The number of hydrogen-bond acceptors (Lipinski definition) is 2. The second kappa shape index (κ2) is 12.9. The predicted molar refractivity (Wildman–Crippen MR) is 262 cm³/mol. The van der Waals surface area contributed by atoms with Gasteiger partial charge in [0.05, 0.1) is 5.41 Å². The van der Waals surface area contributed by atoms with Gasteiger partial charge in [-0.05, 0) is 149 Å². The zero-order valence-electron chi connectivity index (χ0n) is 34.1. The summed E-state index contributed by atoms with van der Waals surface area (Å²) in [5, 5.41) is 11.8. The molecule has 14 rings (SSSR count). The van der Waals surface area contributed by atoms with Gasteiger partial charge in [-0.1, -0.05) is 158 Å². The monoisotopic (exact) mass is 800 g/mol. The van der Waals surface area contributed by atoms with Crippen molar-refractivity contribution in [3.63, 3.8) is 0 Å². The van der Waals surface area contributed by atoms with E-state index in [2.05, 4.69) is 218 Å². The van der Waals surface area contributed by atoms with E-state index in [1.165, 1.54) is 76.8 Å². The van der Waals surface area contributed by atoms with Crippen LogP contribution in [0.15, 0.2) is 227 Å². The van der Waals surface area contributed by atoms with Crippen LogP contribution in [0.5, 0.6) is 0 Å². The molecule has 1 aliphatic carbocycles. The average molecular weight is 801 g/mol. The maximum absolute atomic E-state index is 6.45. The second-order valence-electron chi connectivity index (χ2n) is 17.2. The van der Waals surface area contributed by atoms with Gasteiger partial charge in [0.2, 0.25) is 0 Å². The zero-order chi connectivity index (χ0) is 41.2. The SMILES string of the molecule is c1ccc(C2(c3ccccc3)c3cc(-c4ccc5oc6cc7ccccc7cc6c5c4)ccc3-c3ccc4ccc(-c5ccc6oc7cc8ccccc8cc7c6c5)cc4c32)cc1. The lowest BCUT2D eigenvalue weighted by Crippen LogP contribution is -2.28. The highest BCUT2D eigenvalue weighted by Crippen LogP contribution is 2.59. The van der Waals surface area contributed by atoms with Gasteiger partial charge in [-0.25, -0.2) is 0 Å². The average Bonchev–Trinajstić information content (AvgIpc) is 3.99. The van der Waals surface area contributed by atoms with E-state index in [1.54, 1.807) is 0 Å². The molecule has 0 fully saturated rings. The fourth-order valence-electron chi connectivity index (χ4n) is 11.0. The Kier molecular flexibility index (Phi) is 7.07. The molecular formula is C61H36O2. The highest BCUT2D eigenvalue weighted by molar-refractivity contribution is 6.13. The molecule has 13 aromatic rings. The van der Waals surface area contributed by atoms with Crippen LogP contribution in [0.2, 0.25) is 0 Å². The lowest BCUT2D eigenvalue weighted by atomic mass is 9.66. The summed E-state index contributed by atoms with van der Waals surface area (Å²) in [5.74, 6) is 0. The fourth-order valence-corrected chi connectivity index (χ4v) is 11.0. The van der Waals surface area contributed by atoms with Gasteiger partial charge in [-0.2, -0.15) is 0 Å². The van der Waals surface area contributed by atoms with E-state index in [9.17, 15) is 0 Å². The summed E-state index contributed by atoms with van der Waals surface area (Å²) in [6, 6.07) is 80.3. The molecular weight excluding hydrogens is 765 g/mol. The highest BCUT2D eigenvalue weighted by Gasteiger charge is 2.47. The molecule has 1 aliphatic rings. The summed E-state index contributed by atoms with van der Waals surface area (Å²) in [7, 11) is 0. The molecule has 63 heavy (non-hydrogen) atoms. The van der Waals surface area contributed by atoms with Crippen molar-refractivity contribution >= 4 is 76.2 Å². The van der Waals surface area contributed by atoms with Gasteiger partial charge in [-0.15, -0.1) is 0 Å². The van der Waals surface area contributed by atoms with Crippen molar-refractivity contribution in [2.45, 2.75) is 5.41 Å². The Morgan fingerprint density at radius 1 is 0.270 bits per heavy atom. The molecule has 0 aliphatic heterocycles. The quantitative estimate of drug-likeness (QED) is 0.177. The van der Waals surface area contributed by atoms with Crippen LogP contribution in [0.25, 0.3) is 110 Å². The van der Waals surface area contributed by atoms with Crippen molar-refractivity contribution in [1.82, 2.24) is 0 Å². The molecule has 0 unspecified atom stereocenters. The molecule has 0 atom stereocenters. The lowest BCUT2D eigenvalue weighted by Gasteiger charge is -2.35. The third-order valence-electron chi connectivity index (χ3n) is 13.9. The Balaban J connectivity index is 0.998. The fraction of sp³-hybridized carbons (Fsp3) is 0.0164. The number of furan rings is 2. The van der Waals surface area contributed by atoms with Crippen molar-refractivity contribution in [1.29, 1.82) is 0 Å². The standard InChI is InChI=1S/C61H36O2/c1-3-15-46(16-4-1)61(47-17-5-2-6-18-47)55-34-45(44-24-28-57-52(33-44)54-31-39-12-8-10-14-41(39)36-59(54)63-57)22-25-48(55)49-26-21-37-19-20-42(29-50(37)60(49)61)43-23-27-56-51(32-43)53-30-38-11-7-9-13-40(38)35-58(53)62-56/h1-36H. The third-order valence-corrected chi connectivity index (χ3v) is 13.9. The van der Waals surface area contributed by atoms with Crippen molar-refractivity contribution in [3.05, 3.63) is 241 Å². The molecule has 0 saturated carbocycles. The minimum absolute atomic E-state index is 0.599. The largest absolute Gasteiger partial charge is 0.456 e. The van der Waals surface area contributed by atoms with E-state index in [0.29, 0.717) is 0 Å². The van der Waals surface area contributed by atoms with E-state index in [0.717, 1.165) is 55.0 Å². The molecule has 292 valence electrons. The molecule has 2 aromatic heterocycles. The van der Waals surface area contributed by atoms with Gasteiger partial charge in [-0.3, -0.25) is 0 Å². The molecule has 0 saturated heterocycles. The molecule has 2 heterocycles. The van der Waals surface area contributed by atoms with Crippen LogP contribution < -0.4 is 0 Å². The summed E-state index contributed by atoms with van der Waals surface area (Å²) >= 11 is 0. The van der Waals surface area contributed by atoms with Crippen LogP contribution in [0.3, 0.4) is 0 Å². The van der Waals surface area contributed by atoms with Crippen LogP contribution in [0.4, 0.5) is 0 Å². The molecule has 11 aromatic carbocycles. The first kappa shape index (κ1) is 34.5. The lowest BCUT2D eigenvalue weighted by molar-refractivity contribution is 0.669. The van der Waals surface area contributed by atoms with Gasteiger partial charge >= 0.3 is 0 Å². The topological polar surface area (TPSA) is 26.3 Å². The molecule has 0 bridgehead atoms. The molecule has 2 heteroatoms.